The van der Waals surface area contributed by atoms with Crippen LogP contribution in [0.4, 0.5) is 0 Å². The van der Waals surface area contributed by atoms with Crippen LogP contribution in [0.3, 0.4) is 0 Å². The van der Waals surface area contributed by atoms with Crippen LogP contribution in [0.15, 0.2) is 0 Å². The minimum Gasteiger partial charge on any atom is -0.389 e. The van der Waals surface area contributed by atoms with Gasteiger partial charge in [-0.05, 0) is 0 Å². The SMILES string of the molecule is OC1CN(C(O)O)CC1O. The number of aliphatic hydroxyl groups excluding tert-OH is 3. The van der Waals surface area contributed by atoms with E-state index in [1.807, 2.05) is 0 Å². The zero-order valence-electron chi connectivity index (χ0n) is 5.38. The smallest absolute Gasteiger partial charge is 0.213 e. The number of hydrogen-bond acceptors (Lipinski definition) is 5. The monoisotopic (exact) mass is 149 g/mol. The highest BCUT2D eigenvalue weighted by Gasteiger charge is 2.32. The molecule has 1 aliphatic heterocycles. The summed E-state index contributed by atoms with van der Waals surface area (Å²) >= 11 is 0. The number of likely N-dealkylation sites (tertiary alicyclic amines) is 1. The molecule has 2 unspecified atom stereocenters. The molecule has 1 saturated heterocycles. The second-order valence-electron chi connectivity index (χ2n) is 2.44. The van der Waals surface area contributed by atoms with Crippen LogP contribution in [0.1, 0.15) is 0 Å². The maximum Gasteiger partial charge on any atom is 0.213 e. The fourth-order valence-corrected chi connectivity index (χ4v) is 0.987. The van der Waals surface area contributed by atoms with Crippen molar-refractivity contribution in [3.8, 4) is 0 Å². The van der Waals surface area contributed by atoms with Crippen LogP contribution in [0.2, 0.25) is 0 Å². The molecule has 0 aromatic carbocycles. The van der Waals surface area contributed by atoms with Crippen molar-refractivity contribution in [3.63, 3.8) is 0 Å². The van der Waals surface area contributed by atoms with E-state index in [1.54, 1.807) is 0 Å². The van der Waals surface area contributed by atoms with Gasteiger partial charge in [0, 0.05) is 13.1 Å². The van der Waals surface area contributed by atoms with Crippen LogP contribution in [-0.2, 0) is 0 Å². The molecule has 1 fully saturated rings. The average Bonchev–Trinajstić information content (AvgIpc) is 2.13. The fraction of sp³-hybridized carbons (Fsp3) is 1.00. The molecule has 5 heteroatoms. The maximum absolute atomic E-state index is 8.90. The van der Waals surface area contributed by atoms with E-state index in [0.29, 0.717) is 0 Å². The summed E-state index contributed by atoms with van der Waals surface area (Å²) in [6.45, 7) is 0.220. The molecule has 0 bridgehead atoms. The Labute approximate surface area is 58.1 Å². The first-order valence-electron chi connectivity index (χ1n) is 3.07. The summed E-state index contributed by atoms with van der Waals surface area (Å²) in [5.41, 5.74) is 0. The molecule has 0 aromatic rings. The number of hydrogen-bond donors (Lipinski definition) is 4. The number of nitrogens with zero attached hydrogens (tertiary/aromatic N) is 1. The lowest BCUT2D eigenvalue weighted by Crippen LogP contribution is -2.33. The Balaban J connectivity index is 2.41. The topological polar surface area (TPSA) is 84.2 Å². The van der Waals surface area contributed by atoms with Gasteiger partial charge in [-0.1, -0.05) is 0 Å². The van der Waals surface area contributed by atoms with E-state index in [1.165, 1.54) is 4.90 Å². The molecule has 4 N–H and O–H groups in total. The Hall–Kier alpha value is -0.200. The quantitative estimate of drug-likeness (QED) is 0.305. The highest BCUT2D eigenvalue weighted by molar-refractivity contribution is 4.82. The molecule has 0 aromatic heterocycles. The molecule has 0 aliphatic carbocycles. The normalized spacial score (nSPS) is 35.7. The van der Waals surface area contributed by atoms with Gasteiger partial charge in [-0.25, -0.2) is 0 Å². The van der Waals surface area contributed by atoms with Crippen LogP contribution in [0.5, 0.6) is 0 Å². The van der Waals surface area contributed by atoms with Gasteiger partial charge in [0.05, 0.1) is 12.2 Å². The summed E-state index contributed by atoms with van der Waals surface area (Å²) in [6, 6.07) is 0. The van der Waals surface area contributed by atoms with Crippen molar-refractivity contribution in [3.05, 3.63) is 0 Å². The van der Waals surface area contributed by atoms with Crippen LogP contribution < -0.4 is 0 Å². The van der Waals surface area contributed by atoms with Crippen molar-refractivity contribution in [2.45, 2.75) is 18.6 Å². The largest absolute Gasteiger partial charge is 0.389 e. The lowest BCUT2D eigenvalue weighted by Gasteiger charge is -2.15. The van der Waals surface area contributed by atoms with Gasteiger partial charge >= 0.3 is 0 Å². The minimum atomic E-state index is -1.58. The lowest BCUT2D eigenvalue weighted by atomic mass is 10.3. The molecule has 1 rings (SSSR count). The Morgan fingerprint density at radius 3 is 1.70 bits per heavy atom. The second kappa shape index (κ2) is 2.81. The predicted octanol–water partition coefficient (Wildman–Crippen LogP) is -2.71. The Morgan fingerprint density at radius 2 is 1.50 bits per heavy atom. The molecule has 2 atom stereocenters. The van der Waals surface area contributed by atoms with Gasteiger partial charge in [-0.3, -0.25) is 4.90 Å². The summed E-state index contributed by atoms with van der Waals surface area (Å²) in [6.07, 6.45) is -3.30. The van der Waals surface area contributed by atoms with Gasteiger partial charge in [-0.15, -0.1) is 0 Å². The minimum absolute atomic E-state index is 0.110. The molecule has 1 heterocycles. The third kappa shape index (κ3) is 1.44. The molecular weight excluding hydrogens is 138 g/mol. The molecular formula is C5H11NO4. The van der Waals surface area contributed by atoms with E-state index < -0.39 is 18.6 Å². The van der Waals surface area contributed by atoms with Crippen LogP contribution >= 0.6 is 0 Å². The van der Waals surface area contributed by atoms with Crippen molar-refractivity contribution in [2.75, 3.05) is 13.1 Å². The molecule has 0 amide bonds. The highest BCUT2D eigenvalue weighted by atomic mass is 16.5. The summed E-state index contributed by atoms with van der Waals surface area (Å²) in [7, 11) is 0. The van der Waals surface area contributed by atoms with E-state index in [4.69, 9.17) is 20.4 Å². The zero-order chi connectivity index (χ0) is 7.72. The molecule has 5 nitrogen and oxygen atoms in total. The molecule has 0 radical (unpaired) electrons. The predicted molar refractivity (Wildman–Crippen MR) is 31.8 cm³/mol. The second-order valence-corrected chi connectivity index (χ2v) is 2.44. The van der Waals surface area contributed by atoms with Gasteiger partial charge in [-0.2, -0.15) is 0 Å². The van der Waals surface area contributed by atoms with E-state index in [9.17, 15) is 0 Å². The first-order valence-corrected chi connectivity index (χ1v) is 3.07. The van der Waals surface area contributed by atoms with Crippen LogP contribution in [0, 0.1) is 0 Å². The molecule has 1 aliphatic rings. The van der Waals surface area contributed by atoms with E-state index in [2.05, 4.69) is 0 Å². The average molecular weight is 149 g/mol. The van der Waals surface area contributed by atoms with Crippen molar-refractivity contribution >= 4 is 0 Å². The molecule has 0 saturated carbocycles. The van der Waals surface area contributed by atoms with Gasteiger partial charge in [0.2, 0.25) is 6.41 Å². The van der Waals surface area contributed by atoms with Crippen molar-refractivity contribution < 1.29 is 20.4 Å². The third-order valence-electron chi connectivity index (χ3n) is 1.61. The van der Waals surface area contributed by atoms with Gasteiger partial charge in [0.25, 0.3) is 0 Å². The van der Waals surface area contributed by atoms with E-state index in [-0.39, 0.29) is 13.1 Å². The Bertz CT molecular complexity index is 108. The zero-order valence-corrected chi connectivity index (χ0v) is 5.38. The Kier molecular flexibility index (Phi) is 2.22. The highest BCUT2D eigenvalue weighted by Crippen LogP contribution is 2.10. The lowest BCUT2D eigenvalue weighted by molar-refractivity contribution is -0.149. The summed E-state index contributed by atoms with van der Waals surface area (Å²) in [5.74, 6) is 0. The molecule has 10 heavy (non-hydrogen) atoms. The van der Waals surface area contributed by atoms with Crippen molar-refractivity contribution in [1.29, 1.82) is 0 Å². The number of rotatable bonds is 1. The summed E-state index contributed by atoms with van der Waals surface area (Å²) in [5, 5.41) is 34.9. The first-order chi connectivity index (χ1) is 4.61. The summed E-state index contributed by atoms with van der Waals surface area (Å²) in [4.78, 5) is 1.18. The van der Waals surface area contributed by atoms with Crippen molar-refractivity contribution in [1.82, 2.24) is 4.90 Å². The van der Waals surface area contributed by atoms with E-state index in [0.717, 1.165) is 0 Å². The molecule has 0 spiro atoms. The van der Waals surface area contributed by atoms with Crippen LogP contribution in [0.25, 0.3) is 0 Å². The number of aliphatic hydroxyl groups is 4. The third-order valence-corrected chi connectivity index (χ3v) is 1.61. The van der Waals surface area contributed by atoms with Crippen molar-refractivity contribution in [2.24, 2.45) is 0 Å². The van der Waals surface area contributed by atoms with E-state index >= 15 is 0 Å². The molecule has 60 valence electrons. The van der Waals surface area contributed by atoms with Gasteiger partial charge in [0.15, 0.2) is 0 Å². The fourth-order valence-electron chi connectivity index (χ4n) is 0.987. The number of β-amino-alcohol motifs (C(OH)–C–C–N with tert-alkyl or cyclic N) is 2. The van der Waals surface area contributed by atoms with Gasteiger partial charge in [0.1, 0.15) is 0 Å². The Morgan fingerprint density at radius 1 is 1.10 bits per heavy atom. The summed E-state index contributed by atoms with van der Waals surface area (Å²) < 4.78 is 0. The first kappa shape index (κ1) is 7.90. The van der Waals surface area contributed by atoms with Gasteiger partial charge < -0.3 is 20.4 Å². The standard InChI is InChI=1S/C5H11NO4/c7-3-1-6(5(9)10)2-4(3)8/h3-5,7-10H,1-2H2. The maximum atomic E-state index is 8.90. The van der Waals surface area contributed by atoms with Crippen LogP contribution in [-0.4, -0.2) is 57.0 Å².